The largest absolute Gasteiger partial charge is 0.369 e. The first-order chi connectivity index (χ1) is 11.5. The van der Waals surface area contributed by atoms with Gasteiger partial charge in [-0.3, -0.25) is 14.4 Å². The third-order valence-corrected chi connectivity index (χ3v) is 5.47. The summed E-state index contributed by atoms with van der Waals surface area (Å²) in [6.07, 6.45) is 6.14. The molecule has 2 aliphatic rings. The SMILES string of the molecule is CCn1cc(CN2CCC([C@H]3[C@@H](OC)C(=O)N3C(C)C)CC2)cn1. The zero-order valence-corrected chi connectivity index (χ0v) is 15.3. The van der Waals surface area contributed by atoms with Crippen LogP contribution in [0.15, 0.2) is 12.4 Å². The molecule has 0 saturated carbocycles. The van der Waals surface area contributed by atoms with Crippen LogP contribution < -0.4 is 0 Å². The van der Waals surface area contributed by atoms with E-state index in [1.165, 1.54) is 5.56 Å². The fourth-order valence-electron chi connectivity index (χ4n) is 4.19. The second kappa shape index (κ2) is 7.23. The van der Waals surface area contributed by atoms with E-state index < -0.39 is 0 Å². The average Bonchev–Trinajstić information content (AvgIpc) is 3.01. The highest BCUT2D eigenvalue weighted by atomic mass is 16.5. The Morgan fingerprint density at radius 3 is 2.58 bits per heavy atom. The number of carbonyl (C=O) groups excluding carboxylic acids is 1. The molecule has 0 bridgehead atoms. The molecular formula is C18H30N4O2. The Balaban J connectivity index is 1.55. The lowest BCUT2D eigenvalue weighted by Crippen LogP contribution is -2.70. The molecule has 1 aromatic heterocycles. The maximum Gasteiger partial charge on any atom is 0.254 e. The van der Waals surface area contributed by atoms with E-state index in [-0.39, 0.29) is 24.1 Å². The van der Waals surface area contributed by atoms with E-state index >= 15 is 0 Å². The van der Waals surface area contributed by atoms with Gasteiger partial charge in [0.25, 0.3) is 5.91 Å². The van der Waals surface area contributed by atoms with Crippen molar-refractivity contribution in [3.63, 3.8) is 0 Å². The summed E-state index contributed by atoms with van der Waals surface area (Å²) < 4.78 is 7.44. The smallest absolute Gasteiger partial charge is 0.254 e. The first-order valence-electron chi connectivity index (χ1n) is 9.13. The van der Waals surface area contributed by atoms with E-state index in [9.17, 15) is 4.79 Å². The molecule has 134 valence electrons. The van der Waals surface area contributed by atoms with Gasteiger partial charge in [-0.15, -0.1) is 0 Å². The van der Waals surface area contributed by atoms with Gasteiger partial charge in [0.2, 0.25) is 0 Å². The van der Waals surface area contributed by atoms with Gasteiger partial charge in [-0.05, 0) is 52.6 Å². The second-order valence-corrected chi connectivity index (χ2v) is 7.30. The number of rotatable bonds is 6. The summed E-state index contributed by atoms with van der Waals surface area (Å²) in [5, 5.41) is 4.35. The Morgan fingerprint density at radius 1 is 1.33 bits per heavy atom. The van der Waals surface area contributed by atoms with Crippen LogP contribution in [0.1, 0.15) is 39.2 Å². The van der Waals surface area contributed by atoms with Gasteiger partial charge >= 0.3 is 0 Å². The van der Waals surface area contributed by atoms with Crippen LogP contribution in [0, 0.1) is 5.92 Å². The highest BCUT2D eigenvalue weighted by molar-refractivity contribution is 5.88. The molecule has 2 atom stereocenters. The van der Waals surface area contributed by atoms with Gasteiger partial charge < -0.3 is 9.64 Å². The van der Waals surface area contributed by atoms with Crippen LogP contribution in [0.3, 0.4) is 0 Å². The fourth-order valence-corrected chi connectivity index (χ4v) is 4.19. The van der Waals surface area contributed by atoms with Crippen LogP contribution >= 0.6 is 0 Å². The van der Waals surface area contributed by atoms with Crippen LogP contribution in [0.2, 0.25) is 0 Å². The topological polar surface area (TPSA) is 50.6 Å². The first kappa shape index (κ1) is 17.4. The molecule has 0 aliphatic carbocycles. The number of β-lactam (4-membered cyclic amide) rings is 1. The number of aryl methyl sites for hydroxylation is 1. The molecule has 0 aromatic carbocycles. The van der Waals surface area contributed by atoms with Crippen molar-refractivity contribution in [1.29, 1.82) is 0 Å². The summed E-state index contributed by atoms with van der Waals surface area (Å²) in [5.41, 5.74) is 1.28. The Hall–Kier alpha value is -1.40. The number of hydrogen-bond acceptors (Lipinski definition) is 4. The standard InChI is InChI=1S/C18H30N4O2/c1-5-21-12-14(10-19-21)11-20-8-6-15(7-9-20)16-17(24-4)18(23)22(16)13(2)3/h10,12-13,15-17H,5-9,11H2,1-4H3/t16-,17+/m0/s1. The van der Waals surface area contributed by atoms with Crippen LogP contribution in [-0.4, -0.2) is 63.9 Å². The number of amides is 1. The molecule has 0 unspecified atom stereocenters. The quantitative estimate of drug-likeness (QED) is 0.744. The third kappa shape index (κ3) is 3.22. The van der Waals surface area contributed by atoms with Crippen molar-refractivity contribution in [2.45, 2.75) is 64.9 Å². The summed E-state index contributed by atoms with van der Waals surface area (Å²) in [7, 11) is 1.66. The van der Waals surface area contributed by atoms with Crippen LogP contribution in [-0.2, 0) is 22.6 Å². The molecule has 1 amide bonds. The normalized spacial score (nSPS) is 26.2. The molecule has 2 fully saturated rings. The van der Waals surface area contributed by atoms with Crippen molar-refractivity contribution in [2.24, 2.45) is 5.92 Å². The Morgan fingerprint density at radius 2 is 2.04 bits per heavy atom. The van der Waals surface area contributed by atoms with Crippen molar-refractivity contribution in [3.05, 3.63) is 18.0 Å². The number of carbonyl (C=O) groups is 1. The van der Waals surface area contributed by atoms with Crippen molar-refractivity contribution in [2.75, 3.05) is 20.2 Å². The molecule has 2 aliphatic heterocycles. The molecule has 0 radical (unpaired) electrons. The van der Waals surface area contributed by atoms with E-state index in [0.717, 1.165) is 39.0 Å². The van der Waals surface area contributed by atoms with Gasteiger partial charge in [-0.2, -0.15) is 5.10 Å². The third-order valence-electron chi connectivity index (χ3n) is 5.47. The van der Waals surface area contributed by atoms with Gasteiger partial charge in [-0.25, -0.2) is 0 Å². The number of hydrogen-bond donors (Lipinski definition) is 0. The minimum atomic E-state index is -0.230. The van der Waals surface area contributed by atoms with E-state index in [1.54, 1.807) is 7.11 Å². The van der Waals surface area contributed by atoms with E-state index in [4.69, 9.17) is 4.74 Å². The number of ether oxygens (including phenoxy) is 1. The lowest BCUT2D eigenvalue weighted by atomic mass is 9.79. The van der Waals surface area contributed by atoms with Gasteiger partial charge in [0, 0.05) is 38.0 Å². The van der Waals surface area contributed by atoms with E-state index in [0.29, 0.717) is 5.92 Å². The van der Waals surface area contributed by atoms with Crippen molar-refractivity contribution in [3.8, 4) is 0 Å². The average molecular weight is 334 g/mol. The number of likely N-dealkylation sites (tertiary alicyclic amines) is 2. The summed E-state index contributed by atoms with van der Waals surface area (Å²) in [6.45, 7) is 10.3. The summed E-state index contributed by atoms with van der Waals surface area (Å²) in [6, 6.07) is 0.513. The molecule has 1 aromatic rings. The molecule has 24 heavy (non-hydrogen) atoms. The summed E-state index contributed by atoms with van der Waals surface area (Å²) in [5.74, 6) is 0.705. The highest BCUT2D eigenvalue weighted by Crippen LogP contribution is 2.36. The van der Waals surface area contributed by atoms with Crippen molar-refractivity contribution >= 4 is 5.91 Å². The van der Waals surface area contributed by atoms with Gasteiger partial charge in [-0.1, -0.05) is 0 Å². The molecule has 3 rings (SSSR count). The second-order valence-electron chi connectivity index (χ2n) is 7.30. The van der Waals surface area contributed by atoms with E-state index in [1.807, 2.05) is 15.8 Å². The number of aromatic nitrogens is 2. The monoisotopic (exact) mass is 334 g/mol. The van der Waals surface area contributed by atoms with Gasteiger partial charge in [0.05, 0.1) is 12.2 Å². The Bertz CT molecular complexity index is 563. The number of methoxy groups -OCH3 is 1. The lowest BCUT2D eigenvalue weighted by Gasteiger charge is -2.53. The molecule has 6 heteroatoms. The van der Waals surface area contributed by atoms with Crippen LogP contribution in [0.4, 0.5) is 0 Å². The van der Waals surface area contributed by atoms with E-state index in [2.05, 4.69) is 37.0 Å². The van der Waals surface area contributed by atoms with Crippen LogP contribution in [0.25, 0.3) is 0 Å². The molecule has 0 N–H and O–H groups in total. The number of piperidine rings is 1. The fraction of sp³-hybridized carbons (Fsp3) is 0.778. The minimum Gasteiger partial charge on any atom is -0.369 e. The van der Waals surface area contributed by atoms with Crippen molar-refractivity contribution in [1.82, 2.24) is 19.6 Å². The molecular weight excluding hydrogens is 304 g/mol. The molecule has 3 heterocycles. The number of nitrogens with zero attached hydrogens (tertiary/aromatic N) is 4. The van der Waals surface area contributed by atoms with Crippen molar-refractivity contribution < 1.29 is 9.53 Å². The minimum absolute atomic E-state index is 0.159. The molecule has 0 spiro atoms. The predicted molar refractivity (Wildman–Crippen MR) is 92.5 cm³/mol. The summed E-state index contributed by atoms with van der Waals surface area (Å²) >= 11 is 0. The maximum absolute atomic E-state index is 12.2. The molecule has 6 nitrogen and oxygen atoms in total. The maximum atomic E-state index is 12.2. The zero-order chi connectivity index (χ0) is 17.3. The predicted octanol–water partition coefficient (Wildman–Crippen LogP) is 1.75. The van der Waals surface area contributed by atoms with Gasteiger partial charge in [0.15, 0.2) is 6.10 Å². The van der Waals surface area contributed by atoms with Gasteiger partial charge in [0.1, 0.15) is 0 Å². The molecule has 2 saturated heterocycles. The first-order valence-corrected chi connectivity index (χ1v) is 9.13. The highest BCUT2D eigenvalue weighted by Gasteiger charge is 2.52. The lowest BCUT2D eigenvalue weighted by molar-refractivity contribution is -0.181. The van der Waals surface area contributed by atoms with Crippen LogP contribution in [0.5, 0.6) is 0 Å². The summed E-state index contributed by atoms with van der Waals surface area (Å²) in [4.78, 5) is 16.7. The zero-order valence-electron chi connectivity index (χ0n) is 15.3. The Kier molecular flexibility index (Phi) is 5.25. The Labute approximate surface area is 144 Å².